The van der Waals surface area contributed by atoms with E-state index in [2.05, 4.69) is 55.6 Å². The van der Waals surface area contributed by atoms with Gasteiger partial charge >= 0.3 is 5.97 Å². The molecule has 6 nitrogen and oxygen atoms in total. The highest BCUT2D eigenvalue weighted by Crippen LogP contribution is 2.15. The summed E-state index contributed by atoms with van der Waals surface area (Å²) in [7, 11) is 0. The predicted octanol–water partition coefficient (Wildman–Crippen LogP) is 14.1. The minimum absolute atomic E-state index is 0.0255. The molecule has 0 rings (SSSR count). The van der Waals surface area contributed by atoms with Crippen molar-refractivity contribution in [3.8, 4) is 0 Å². The SMILES string of the molecule is CCCC/C=C\CCCCCCCC(=O)OCCCCC/C=C\C=C/CCCCCCCCCCCCC(=O)NC(CO)C(O)CCCCCCCCCCC. The number of amides is 1. The van der Waals surface area contributed by atoms with E-state index in [4.69, 9.17) is 4.74 Å². The molecule has 0 spiro atoms. The number of aliphatic hydroxyl groups excluding tert-OH is 2. The first kappa shape index (κ1) is 54.1. The van der Waals surface area contributed by atoms with Gasteiger partial charge in [0.1, 0.15) is 0 Å². The average Bonchev–Trinajstić information content (AvgIpc) is 3.20. The van der Waals surface area contributed by atoms with Crippen LogP contribution in [0.25, 0.3) is 0 Å². The molecule has 0 fully saturated rings. The van der Waals surface area contributed by atoms with Gasteiger partial charge in [-0.1, -0.05) is 192 Å². The Bertz CT molecular complexity index is 915. The van der Waals surface area contributed by atoms with Gasteiger partial charge in [0.2, 0.25) is 5.91 Å². The highest BCUT2D eigenvalue weighted by Gasteiger charge is 2.20. The molecule has 3 N–H and O–H groups in total. The number of carbonyl (C=O) groups excluding carboxylic acids is 2. The molecular formula is C50H93NO5. The fraction of sp³-hybridized carbons (Fsp3) is 0.840. The van der Waals surface area contributed by atoms with Gasteiger partial charge in [0.15, 0.2) is 0 Å². The Morgan fingerprint density at radius 3 is 1.43 bits per heavy atom. The third kappa shape index (κ3) is 41.7. The molecule has 0 saturated carbocycles. The molecule has 328 valence electrons. The number of hydrogen-bond acceptors (Lipinski definition) is 5. The Kier molecular flexibility index (Phi) is 44.2. The van der Waals surface area contributed by atoms with Crippen molar-refractivity contribution in [2.45, 2.75) is 257 Å². The summed E-state index contributed by atoms with van der Waals surface area (Å²) in [4.78, 5) is 24.3. The van der Waals surface area contributed by atoms with Crippen molar-refractivity contribution in [1.29, 1.82) is 0 Å². The van der Waals surface area contributed by atoms with Crippen molar-refractivity contribution in [3.05, 3.63) is 36.5 Å². The van der Waals surface area contributed by atoms with Crippen LogP contribution in [-0.2, 0) is 14.3 Å². The molecule has 2 unspecified atom stereocenters. The Labute approximate surface area is 347 Å². The van der Waals surface area contributed by atoms with Crippen molar-refractivity contribution < 1.29 is 24.5 Å². The number of esters is 1. The van der Waals surface area contributed by atoms with E-state index in [1.165, 1.54) is 141 Å². The van der Waals surface area contributed by atoms with E-state index in [9.17, 15) is 19.8 Å². The molecule has 2 atom stereocenters. The zero-order valence-electron chi connectivity index (χ0n) is 37.1. The van der Waals surface area contributed by atoms with Gasteiger partial charge < -0.3 is 20.3 Å². The molecule has 0 saturated heterocycles. The van der Waals surface area contributed by atoms with E-state index in [0.29, 0.717) is 25.9 Å². The molecule has 0 heterocycles. The van der Waals surface area contributed by atoms with Crippen molar-refractivity contribution in [1.82, 2.24) is 5.32 Å². The van der Waals surface area contributed by atoms with E-state index in [1.807, 2.05) is 0 Å². The molecule has 0 aliphatic rings. The first-order valence-electron chi connectivity index (χ1n) is 24.3. The molecule has 0 aliphatic carbocycles. The van der Waals surface area contributed by atoms with Crippen LogP contribution in [0.15, 0.2) is 36.5 Å². The molecular weight excluding hydrogens is 695 g/mol. The second-order valence-corrected chi connectivity index (χ2v) is 16.5. The van der Waals surface area contributed by atoms with Crippen LogP contribution in [0.5, 0.6) is 0 Å². The van der Waals surface area contributed by atoms with Gasteiger partial charge in [0, 0.05) is 12.8 Å². The third-order valence-corrected chi connectivity index (χ3v) is 10.9. The summed E-state index contributed by atoms with van der Waals surface area (Å²) in [6, 6.07) is -0.547. The highest BCUT2D eigenvalue weighted by molar-refractivity contribution is 5.76. The summed E-state index contributed by atoms with van der Waals surface area (Å²) in [6.45, 7) is 4.83. The van der Waals surface area contributed by atoms with Crippen LogP contribution in [0.4, 0.5) is 0 Å². The van der Waals surface area contributed by atoms with Gasteiger partial charge in [0.05, 0.1) is 25.4 Å². The van der Waals surface area contributed by atoms with Gasteiger partial charge in [-0.05, 0) is 77.0 Å². The number of nitrogens with one attached hydrogen (secondary N) is 1. The minimum Gasteiger partial charge on any atom is -0.466 e. The van der Waals surface area contributed by atoms with Gasteiger partial charge in [-0.15, -0.1) is 0 Å². The van der Waals surface area contributed by atoms with Crippen LogP contribution < -0.4 is 5.32 Å². The third-order valence-electron chi connectivity index (χ3n) is 10.9. The average molecular weight is 788 g/mol. The normalized spacial score (nSPS) is 13.0. The highest BCUT2D eigenvalue weighted by atomic mass is 16.5. The number of aliphatic hydroxyl groups is 2. The smallest absolute Gasteiger partial charge is 0.305 e. The number of rotatable bonds is 44. The van der Waals surface area contributed by atoms with Gasteiger partial charge in [-0.3, -0.25) is 9.59 Å². The second kappa shape index (κ2) is 45.8. The molecule has 0 aromatic carbocycles. The van der Waals surface area contributed by atoms with E-state index >= 15 is 0 Å². The van der Waals surface area contributed by atoms with E-state index in [1.54, 1.807) is 0 Å². The lowest BCUT2D eigenvalue weighted by Crippen LogP contribution is -2.45. The van der Waals surface area contributed by atoms with Crippen LogP contribution in [0.2, 0.25) is 0 Å². The Hall–Kier alpha value is -1.92. The van der Waals surface area contributed by atoms with Crippen molar-refractivity contribution in [2.24, 2.45) is 0 Å². The number of unbranched alkanes of at least 4 members (excludes halogenated alkanes) is 28. The topological polar surface area (TPSA) is 95.9 Å². The van der Waals surface area contributed by atoms with E-state index < -0.39 is 12.1 Å². The largest absolute Gasteiger partial charge is 0.466 e. The number of hydrogen-bond donors (Lipinski definition) is 3. The predicted molar refractivity (Wildman–Crippen MR) is 241 cm³/mol. The molecule has 0 aromatic heterocycles. The molecule has 0 bridgehead atoms. The molecule has 0 radical (unpaired) electrons. The Balaban J connectivity index is 3.48. The van der Waals surface area contributed by atoms with Crippen LogP contribution >= 0.6 is 0 Å². The summed E-state index contributed by atoms with van der Waals surface area (Å²) in [5, 5.41) is 23.0. The van der Waals surface area contributed by atoms with E-state index in [-0.39, 0.29) is 18.5 Å². The Morgan fingerprint density at radius 2 is 0.911 bits per heavy atom. The zero-order chi connectivity index (χ0) is 40.8. The summed E-state index contributed by atoms with van der Waals surface area (Å²) in [5.41, 5.74) is 0. The Morgan fingerprint density at radius 1 is 0.500 bits per heavy atom. The molecule has 1 amide bonds. The van der Waals surface area contributed by atoms with Crippen LogP contribution in [0.3, 0.4) is 0 Å². The van der Waals surface area contributed by atoms with Crippen molar-refractivity contribution >= 4 is 11.9 Å². The van der Waals surface area contributed by atoms with Gasteiger partial charge in [0.25, 0.3) is 0 Å². The molecule has 56 heavy (non-hydrogen) atoms. The number of carbonyl (C=O) groups is 2. The lowest BCUT2D eigenvalue weighted by molar-refractivity contribution is -0.143. The monoisotopic (exact) mass is 788 g/mol. The van der Waals surface area contributed by atoms with E-state index in [0.717, 1.165) is 70.6 Å². The first-order chi connectivity index (χ1) is 27.5. The quantitative estimate of drug-likeness (QED) is 0.0247. The van der Waals surface area contributed by atoms with Crippen LogP contribution in [-0.4, -0.2) is 47.4 Å². The lowest BCUT2D eigenvalue weighted by Gasteiger charge is -2.22. The maximum Gasteiger partial charge on any atom is 0.305 e. The lowest BCUT2D eigenvalue weighted by atomic mass is 10.0. The summed E-state index contributed by atoms with van der Waals surface area (Å²) in [6.07, 6.45) is 54.0. The van der Waals surface area contributed by atoms with Crippen LogP contribution in [0.1, 0.15) is 245 Å². The fourth-order valence-corrected chi connectivity index (χ4v) is 7.14. The second-order valence-electron chi connectivity index (χ2n) is 16.5. The van der Waals surface area contributed by atoms with Gasteiger partial charge in [-0.2, -0.15) is 0 Å². The maximum atomic E-state index is 12.4. The van der Waals surface area contributed by atoms with Gasteiger partial charge in [-0.25, -0.2) is 0 Å². The fourth-order valence-electron chi connectivity index (χ4n) is 7.14. The maximum absolute atomic E-state index is 12.4. The summed E-state index contributed by atoms with van der Waals surface area (Å²) in [5.74, 6) is -0.0743. The zero-order valence-corrected chi connectivity index (χ0v) is 37.1. The van der Waals surface area contributed by atoms with Crippen LogP contribution in [0, 0.1) is 0 Å². The number of ether oxygens (including phenoxy) is 1. The summed E-state index contributed by atoms with van der Waals surface area (Å²) < 4.78 is 5.41. The minimum atomic E-state index is -0.668. The summed E-state index contributed by atoms with van der Waals surface area (Å²) >= 11 is 0. The number of allylic oxidation sites excluding steroid dienone is 6. The van der Waals surface area contributed by atoms with Crippen molar-refractivity contribution in [3.63, 3.8) is 0 Å². The molecule has 0 aromatic rings. The molecule has 0 aliphatic heterocycles. The standard InChI is InChI=1S/C50H93NO5/c1-3-5-7-9-11-13-23-28-32-36-40-44-50(55)56-45-41-37-33-29-25-22-20-18-16-14-15-17-19-21-24-27-31-35-39-43-49(54)51-47(46-52)48(53)42-38-34-30-26-12-10-8-6-4-2/h9,11,18,20,22,25,47-48,52-53H,3-8,10,12-17,19,21,23-24,26-46H2,1-2H3,(H,51,54)/b11-9-,20-18-,25-22-. The van der Waals surface area contributed by atoms with Crippen molar-refractivity contribution in [2.75, 3.05) is 13.2 Å². The molecule has 6 heteroatoms. The first-order valence-corrected chi connectivity index (χ1v) is 24.3.